The molecular formula is C92H124N4O46-2. The third kappa shape index (κ3) is 24.8. The second kappa shape index (κ2) is 48.7. The molecule has 0 unspecified atom stereocenters. The summed E-state index contributed by atoms with van der Waals surface area (Å²) >= 11 is 0. The van der Waals surface area contributed by atoms with Gasteiger partial charge in [0, 0.05) is 37.8 Å². The van der Waals surface area contributed by atoms with Crippen molar-refractivity contribution in [2.75, 3.05) is 52.9 Å². The van der Waals surface area contributed by atoms with Gasteiger partial charge in [-0.1, -0.05) is 84.9 Å². The molecule has 0 spiro atoms. The van der Waals surface area contributed by atoms with Crippen LogP contribution in [0.25, 0.3) is 21.5 Å². The Labute approximate surface area is 809 Å². The summed E-state index contributed by atoms with van der Waals surface area (Å²) in [5.41, 5.74) is 1.40. The maximum Gasteiger partial charge on any atom is 0.251 e. The molecule has 50 nitrogen and oxygen atoms in total. The Hall–Kier alpha value is -8.08. The second-order valence-electron chi connectivity index (χ2n) is 36.4. The van der Waals surface area contributed by atoms with Crippen LogP contribution in [-0.2, 0) is 108 Å². The molecule has 0 radical (unpaired) electrons. The number of rotatable bonds is 40. The Morgan fingerprint density at radius 1 is 0.380 bits per heavy atom. The van der Waals surface area contributed by atoms with Gasteiger partial charge in [0.15, 0.2) is 37.7 Å². The summed E-state index contributed by atoms with van der Waals surface area (Å²) in [4.78, 5) is 81.6. The smallest absolute Gasteiger partial charge is 0.251 e. The van der Waals surface area contributed by atoms with Crippen LogP contribution < -0.4 is 31.5 Å². The Kier molecular flexibility index (Phi) is 38.1. The highest BCUT2D eigenvalue weighted by atomic mass is 16.8. The fraction of sp³-hybridized carbons (Fsp3) is 0.652. The van der Waals surface area contributed by atoms with Gasteiger partial charge in [-0.05, 0) is 96.5 Å². The van der Waals surface area contributed by atoms with Crippen molar-refractivity contribution < 1.29 is 227 Å². The van der Waals surface area contributed by atoms with Crippen molar-refractivity contribution in [2.45, 2.75) is 323 Å². The second-order valence-corrected chi connectivity index (χ2v) is 36.4. The lowest BCUT2D eigenvalue weighted by molar-refractivity contribution is -0.413. The zero-order chi connectivity index (χ0) is 103. The first-order chi connectivity index (χ1) is 67.6. The normalized spacial score (nSPS) is 38.7. The van der Waals surface area contributed by atoms with E-state index in [1.807, 2.05) is 6.07 Å². The van der Waals surface area contributed by atoms with Gasteiger partial charge in [0.1, 0.15) is 183 Å². The number of ether oxygens (including phenoxy) is 16. The van der Waals surface area contributed by atoms with Crippen molar-refractivity contribution in [1.29, 1.82) is 0 Å². The van der Waals surface area contributed by atoms with Crippen molar-refractivity contribution in [2.24, 2.45) is 0 Å². The number of fused-ring (bicyclic) bond motifs is 2. The van der Waals surface area contributed by atoms with Gasteiger partial charge in [0.25, 0.3) is 11.8 Å². The van der Waals surface area contributed by atoms with E-state index in [4.69, 9.17) is 75.8 Å². The first-order valence-electron chi connectivity index (χ1n) is 46.3. The average Bonchev–Trinajstić information content (AvgIpc) is 0.758. The van der Waals surface area contributed by atoms with Crippen molar-refractivity contribution >= 4 is 57.1 Å². The minimum absolute atomic E-state index is 0.0136. The maximum absolute atomic E-state index is 15.0. The van der Waals surface area contributed by atoms with Crippen molar-refractivity contribution in [3.05, 3.63) is 131 Å². The molecule has 0 bridgehead atoms. The number of carbonyl (C=O) groups excluding carboxylic acids is 6. The van der Waals surface area contributed by atoms with E-state index in [9.17, 15) is 142 Å². The predicted molar refractivity (Wildman–Crippen MR) is 466 cm³/mol. The van der Waals surface area contributed by atoms with Gasteiger partial charge in [-0.2, -0.15) is 0 Å². The highest BCUT2D eigenvalue weighted by Crippen LogP contribution is 2.44. The number of carboxylic acid groups (broad SMARTS) is 2. The SMILES string of the molecule is CC(=O)N[C@H]1[C@H]([C@H](O)[C@H](O)CO)O[C@@](O[C@H]2[C@@H](O)[C@@H](CO)O[C@@H](O[C@H]3[C@H](O[C@@H]4O[C@@H](C)[C@@H](O)[C@@H](O)[C@@H]4O)[C@@H](NC(=O)c4ccc5ccccc5c4)[C@H](OCCCc4cccc(CCCO[C@@H]5O[C@H](CO)[C@@H](O[C@@H]6O[C@H](CO)[C@H](O)[C@H](O[C@]7(C(=O)[O-])C[C@H](O)[C@@H](NC(C)=O)[C@H]([C@H](O)[C@H](O)CO)O7)[C@H]6O)[C@H](O[C@@H]6O[C@@H](C)[C@@H](O)[C@@H](O)[C@@H]6O)[C@H]5NC(=O)c5ccc6ccccc6c5)c4)O[C@@H]3CO)[C@@H]2O)(C(=O)[O-])C[C@@H]1O. The zero-order valence-corrected chi connectivity index (χ0v) is 77.0. The molecule has 8 heterocycles. The fourth-order valence-electron chi connectivity index (χ4n) is 18.8. The molecule has 13 rings (SSSR count). The standard InChI is InChI=1S/C92H126N4O46/c1-37-61(109)67(115)69(117)85(129-37)137-77-59(95-81(121)47-22-20-43-16-5-7-18-45(43)27-47)83(133-55(35-101)73(77)135-87-71(119)79(65(113)53(33-99)131-87)141-91(89(123)124)29-49(105)57(93-39(3)103)75(139-91)63(111)51(107)31-97)127-24-10-14-41-12-9-13-42(26-41)15-11-25-128-84-60(96-82(122)48-23-21-44-17-6-8-19-46(44)28-48)78(138-86-70(118)68(116)62(110)38(2)130-86)74(56(36-102)134-84)136-88-72(120)80(66(114)54(34-100)132-88)142-92(90(125)126)30-50(106)58(94-40(4)104)76(140-92)64(112)52(108)32-98/h5-9,12-13,16-23,26-28,37-38,49-80,83-88,97-102,105-120H,10-11,14-15,24-25,29-36H2,1-4H3,(H,93,103)(H,94,104)(H,95,121)(H,96,122)(H,123,124)(H,125,126)/p-2/t37-,38-,49-,50-,51+,52+,53+,54+,55+,56+,57+,58+,59+,60+,61+,62+,63+,64+,65-,66-,67+,68+,69-,70-,71+,72+,73+,74+,75+,76+,77+,78+,79-,80-,83+,84+,85-,86-,87-,88-,91-,92-/m0/s1. The number of hydrogen-bond acceptors (Lipinski definition) is 46. The van der Waals surface area contributed by atoms with E-state index in [1.165, 1.54) is 38.1 Å². The van der Waals surface area contributed by atoms with Gasteiger partial charge in [-0.3, -0.25) is 19.2 Å². The van der Waals surface area contributed by atoms with Gasteiger partial charge >= 0.3 is 0 Å². The fourth-order valence-corrected chi connectivity index (χ4v) is 18.8. The molecule has 142 heavy (non-hydrogen) atoms. The van der Waals surface area contributed by atoms with Gasteiger partial charge in [0.05, 0.1) is 89.4 Å². The van der Waals surface area contributed by atoms with Gasteiger partial charge in [0.2, 0.25) is 23.4 Å². The van der Waals surface area contributed by atoms with Crippen LogP contribution in [0.15, 0.2) is 109 Å². The van der Waals surface area contributed by atoms with E-state index in [0.717, 1.165) is 13.8 Å². The van der Waals surface area contributed by atoms with Crippen LogP contribution >= 0.6 is 0 Å². The number of aliphatic carboxylic acids is 2. The lowest BCUT2D eigenvalue weighted by Crippen LogP contribution is -2.72. The molecule has 4 amide bonds. The van der Waals surface area contributed by atoms with Crippen LogP contribution in [-0.4, -0.2) is 457 Å². The molecule has 26 N–H and O–H groups in total. The van der Waals surface area contributed by atoms with E-state index in [1.54, 1.807) is 78.9 Å². The molecule has 50 heteroatoms. The predicted octanol–water partition coefficient (Wildman–Crippen LogP) is -12.6. The van der Waals surface area contributed by atoms with Crippen LogP contribution in [0, 0.1) is 0 Å². The summed E-state index contributed by atoms with van der Waals surface area (Å²) in [6, 6.07) is 23.3. The quantitative estimate of drug-likeness (QED) is 0.0162. The lowest BCUT2D eigenvalue weighted by Gasteiger charge is -2.53. The minimum atomic E-state index is -3.38. The number of carboxylic acids is 2. The molecule has 5 aromatic rings. The number of carbonyl (C=O) groups is 6. The van der Waals surface area contributed by atoms with Gasteiger partial charge in [-0.25, -0.2) is 0 Å². The molecule has 8 aliphatic rings. The van der Waals surface area contributed by atoms with Crippen molar-refractivity contribution in [1.82, 2.24) is 21.3 Å². The molecule has 5 aromatic carbocycles. The summed E-state index contributed by atoms with van der Waals surface area (Å²) < 4.78 is 99.0. The van der Waals surface area contributed by atoms with Crippen LogP contribution in [0.1, 0.15) is 85.2 Å². The van der Waals surface area contributed by atoms with E-state index in [0.29, 0.717) is 32.7 Å². The Morgan fingerprint density at radius 3 is 1.07 bits per heavy atom. The monoisotopic (exact) mass is 2020 g/mol. The summed E-state index contributed by atoms with van der Waals surface area (Å²) in [5.74, 6) is -14.9. The van der Waals surface area contributed by atoms with Crippen molar-refractivity contribution in [3.63, 3.8) is 0 Å². The van der Waals surface area contributed by atoms with Crippen molar-refractivity contribution in [3.8, 4) is 0 Å². The summed E-state index contributed by atoms with van der Waals surface area (Å²) in [6.45, 7) is -2.87. The van der Waals surface area contributed by atoms with E-state index >= 15 is 9.59 Å². The molecule has 0 saturated carbocycles. The number of amides is 4. The Morgan fingerprint density at radius 2 is 0.725 bits per heavy atom. The van der Waals surface area contributed by atoms with E-state index in [2.05, 4.69) is 21.3 Å². The average molecular weight is 2020 g/mol. The number of nitrogens with one attached hydrogen (secondary N) is 4. The van der Waals surface area contributed by atoms with Crippen LogP contribution in [0.2, 0.25) is 0 Å². The Bertz CT molecular complexity index is 4710. The molecule has 8 fully saturated rings. The zero-order valence-electron chi connectivity index (χ0n) is 77.0. The largest absolute Gasteiger partial charge is 0.544 e. The first-order valence-corrected chi connectivity index (χ1v) is 46.3. The Balaban J connectivity index is 0.759. The number of hydrogen-bond donors (Lipinski definition) is 26. The first kappa shape index (κ1) is 111. The topological polar surface area (TPSA) is 789 Å². The van der Waals surface area contributed by atoms with Crippen LogP contribution in [0.5, 0.6) is 0 Å². The third-order valence-corrected chi connectivity index (χ3v) is 26.5. The van der Waals surface area contributed by atoms with Crippen LogP contribution in [0.4, 0.5) is 0 Å². The highest BCUT2D eigenvalue weighted by molar-refractivity contribution is 6.00. The molecule has 42 atom stereocenters. The third-order valence-electron chi connectivity index (χ3n) is 26.5. The highest BCUT2D eigenvalue weighted by Gasteiger charge is 2.63. The van der Waals surface area contributed by atoms with Gasteiger partial charge < -0.3 is 229 Å². The maximum atomic E-state index is 15.0. The van der Waals surface area contributed by atoms with Gasteiger partial charge in [-0.15, -0.1) is 0 Å². The molecule has 8 aliphatic heterocycles. The summed E-state index contributed by atoms with van der Waals surface area (Å²) in [7, 11) is 0. The molecule has 0 aromatic heterocycles. The number of benzene rings is 5. The molecular weight excluding hydrogens is 1900 g/mol. The van der Waals surface area contributed by atoms with Crippen LogP contribution in [0.3, 0.4) is 0 Å². The van der Waals surface area contributed by atoms with E-state index < -0.39 is 345 Å². The summed E-state index contributed by atoms with van der Waals surface area (Å²) in [6.07, 6.45) is -75.5. The molecule has 0 aliphatic carbocycles. The van der Waals surface area contributed by atoms with E-state index in [-0.39, 0.29) is 50.0 Å². The number of aliphatic hydroxyl groups is 22. The lowest BCUT2D eigenvalue weighted by atomic mass is 9.88. The summed E-state index contributed by atoms with van der Waals surface area (Å²) in [5, 5.41) is 286. The molecule has 790 valence electrons. The molecule has 8 saturated heterocycles. The minimum Gasteiger partial charge on any atom is -0.544 e. The number of aryl methyl sites for hydroxylation is 2. The number of aliphatic hydroxyl groups excluding tert-OH is 22.